The Morgan fingerprint density at radius 2 is 0.776 bits per heavy atom. The van der Waals surface area contributed by atoms with Crippen molar-refractivity contribution >= 4 is 167 Å². The third-order valence-electron chi connectivity index (χ3n) is 28.4. The van der Waals surface area contributed by atoms with Crippen LogP contribution in [0, 0.1) is 27.7 Å². The molecule has 2 saturated heterocycles. The van der Waals surface area contributed by atoms with E-state index in [1.807, 2.05) is 13.8 Å². The van der Waals surface area contributed by atoms with E-state index in [0.717, 1.165) is 198 Å². The molecule has 4 aromatic rings. The van der Waals surface area contributed by atoms with E-state index in [1.54, 1.807) is 6.26 Å². The van der Waals surface area contributed by atoms with Crippen molar-refractivity contribution in [1.82, 2.24) is 45.2 Å². The molecule has 0 saturated carbocycles. The summed E-state index contributed by atoms with van der Waals surface area (Å²) < 4.78 is 31.4. The molecule has 5 N–H and O–H groups in total. The van der Waals surface area contributed by atoms with Gasteiger partial charge in [-0.2, -0.15) is 50.1 Å². The van der Waals surface area contributed by atoms with Crippen LogP contribution in [0.3, 0.4) is 0 Å². The Balaban J connectivity index is 0.000000271. The Kier molecular flexibility index (Phi) is 43.3. The number of ketones is 1. The average molecular weight is 2130 g/mol. The molecule has 4 unspecified atom stereocenters. The number of carbonyl (C=O) groups excluding carboxylic acids is 18. The van der Waals surface area contributed by atoms with Gasteiger partial charge in [0.05, 0.1) is 79.8 Å². The molecule has 0 aliphatic carbocycles. The number of hydrogen-bond acceptors (Lipinski definition) is 25. The molecule has 2 fully saturated rings. The van der Waals surface area contributed by atoms with Crippen molar-refractivity contribution in [3.63, 3.8) is 0 Å². The molecule has 7 amide bonds. The summed E-state index contributed by atoms with van der Waals surface area (Å²) in [6.45, 7) is 32.0. The van der Waals surface area contributed by atoms with Crippen molar-refractivity contribution in [2.24, 2.45) is 0 Å². The molecule has 12 aliphatic rings. The molecular weight excluding hydrogens is 2000 g/mol. The maximum Gasteiger partial charge on any atom is 0.446 e. The summed E-state index contributed by atoms with van der Waals surface area (Å²) >= 11 is 6.37. The van der Waals surface area contributed by atoms with Crippen molar-refractivity contribution in [2.45, 2.75) is 287 Å². The van der Waals surface area contributed by atoms with Gasteiger partial charge in [0.2, 0.25) is 87.0 Å². The van der Waals surface area contributed by atoms with Gasteiger partial charge in [0.1, 0.15) is 5.78 Å². The first-order chi connectivity index (χ1) is 70.3. The number of rotatable bonds is 45. The molecule has 4 atom stereocenters. The summed E-state index contributed by atoms with van der Waals surface area (Å²) in [6.07, 6.45) is 37.6. The molecule has 4 aromatic heterocycles. The maximum atomic E-state index is 13.6. The standard InChI is InChI=1S/C53H67N7O9S.C51H62N6O6S.4CO2.Y/c1-9-12-14-35-31(4)39-26-44-36(15-13-10-2)32(5)42-28-46-38(17-19-51(64)67-11-3)34(7)43-29-45-37(33(6)41(27-40(35)54-39)58(45)53(59(42)44)60(43)46)16-18-48(61)55-68-24-22-66-23-25-69-56-49(62)20-21-57-50(63)30-47(70-8)52(57)65;1-8-11-15-34-29(4)38-24-43-35(16-12-9-2)30(5)41-26-45-37(18-20-49(61)63-10-3)32(7)42-27-44-36(31(6)40(25-39(34)53-38)55(44)51(56(41)43)57(42)45)17-19-47(59)52-22-13-14-33(58)21-23-54-48(60)28-46(64)50(54)62;4*2-1-3;/h26-29,47,53H,9-25,30H2,1-8H3,(H-,55,56,61,62);24-27,46,51H,8-23,28H2,1-7H3,(H-,52,59,64);;;;;/p+3. The van der Waals surface area contributed by atoms with Gasteiger partial charge in [-0.1, -0.05) is 58.6 Å². The zero-order valence-corrected chi connectivity index (χ0v) is 91.0. The van der Waals surface area contributed by atoms with E-state index >= 15 is 0 Å². The predicted octanol–water partition coefficient (Wildman–Crippen LogP) is 8.47. The Morgan fingerprint density at radius 1 is 0.415 bits per heavy atom. The summed E-state index contributed by atoms with van der Waals surface area (Å²) in [5.74, 6) is -2.49. The van der Waals surface area contributed by atoms with Crippen LogP contribution < -0.4 is 37.7 Å². The molecule has 147 heavy (non-hydrogen) atoms. The number of nitrogens with one attached hydrogen (secondary N) is 5. The number of hydroxylamine groups is 2. The molecule has 1 radical (unpaired) electrons. The van der Waals surface area contributed by atoms with Crippen LogP contribution in [0.1, 0.15) is 290 Å². The number of carbonyl (C=O) groups is 10. The van der Waals surface area contributed by atoms with E-state index in [2.05, 4.69) is 185 Å². The summed E-state index contributed by atoms with van der Waals surface area (Å²) in [7, 11) is 0. The molecule has 12 aliphatic heterocycles. The first-order valence-corrected chi connectivity index (χ1v) is 52.0. The molecule has 39 heteroatoms. The Hall–Kier alpha value is -12.3. The van der Waals surface area contributed by atoms with E-state index in [9.17, 15) is 47.9 Å². The molecule has 779 valence electrons. The molecule has 36 nitrogen and oxygen atoms in total. The predicted molar refractivity (Wildman–Crippen MR) is 537 cm³/mol. The van der Waals surface area contributed by atoms with Gasteiger partial charge in [-0.3, -0.25) is 67.4 Å². The first-order valence-electron chi connectivity index (χ1n) is 50.2. The molecule has 16 heterocycles. The van der Waals surface area contributed by atoms with E-state index < -0.39 is 17.1 Å². The normalized spacial score (nSPS) is 17.5. The minimum Gasteiger partial charge on any atom is -0.779 e. The van der Waals surface area contributed by atoms with Gasteiger partial charge in [-0.25, -0.2) is 20.1 Å². The number of esters is 2. The van der Waals surface area contributed by atoms with Crippen LogP contribution in [0.25, 0.3) is 36.5 Å². The number of unbranched alkanes of at least 4 members (excludes halogenated alkanes) is 4. The summed E-state index contributed by atoms with van der Waals surface area (Å²) in [6, 6.07) is 0. The summed E-state index contributed by atoms with van der Waals surface area (Å²) in [5.41, 5.74) is 38.1. The van der Waals surface area contributed by atoms with Crippen LogP contribution in [0.5, 0.6) is 0 Å². The minimum absolute atomic E-state index is 0. The van der Waals surface area contributed by atoms with Crippen LogP contribution in [0.2, 0.25) is 0 Å². The molecule has 4 bridgehead atoms. The SMILES string of the molecule is CCCCc1c(C)c2n3c1C=c1[nH]c(c(CCCC)c1C)=CC1=[N+]4C(=CC5=[N+](C(=C2)C(CCC(=O)OCC)=C5C)C34)C(CCC(=O)NCCCC(=O)CCN2C(=O)CC([S-])C2=O)=C1C.CCCCc1c(C)c2n3c1C=c1[nH]c(c(CCCC)c1C)=CC1=[N+]4C(=CC5=[N+](C(=C2)C(CCC(=O)OCC)=C5C)C34)C(CCC(=O)NOCCOCCONC(=O)CCN2C(=O)CC(SC)C2=O)=C1C.O=C=O.O=C=O.O=C=O.O=C=O.[Y]. The smallest absolute Gasteiger partial charge is 0.446 e. The second-order valence-corrected chi connectivity index (χ2v) is 38.6. The number of ether oxygens (including phenoxy) is 3. The van der Waals surface area contributed by atoms with Crippen molar-refractivity contribution in [2.75, 3.05) is 65.5 Å². The van der Waals surface area contributed by atoms with Gasteiger partial charge in [0, 0.05) is 200 Å². The first kappa shape index (κ1) is 117. The van der Waals surface area contributed by atoms with Crippen LogP contribution in [0.15, 0.2) is 79.5 Å². The zero-order valence-electron chi connectivity index (χ0n) is 86.5. The number of nitrogens with zero attached hydrogens (tertiary/aromatic N) is 8. The second kappa shape index (κ2) is 54.6. The fourth-order valence-corrected chi connectivity index (χ4v) is 22.0. The third kappa shape index (κ3) is 25.6. The van der Waals surface area contributed by atoms with E-state index in [0.29, 0.717) is 64.7 Å². The fraction of sp³-hybridized carbons (Fsp3) is 0.500. The maximum absolute atomic E-state index is 13.6. The van der Waals surface area contributed by atoms with E-state index in [-0.39, 0.29) is 207 Å². The Bertz CT molecular complexity index is 6690. The molecule has 0 spiro atoms. The number of aromatic amines is 2. The number of Topliss-reactive ketones (excluding diaryl/α,β-unsaturated/α-hetero) is 1. The van der Waals surface area contributed by atoms with Crippen LogP contribution >= 0.6 is 11.8 Å². The number of imide groups is 2. The largest absolute Gasteiger partial charge is 0.779 e. The topological polar surface area (TPSA) is 449 Å². The quantitative estimate of drug-likeness (QED) is 0.00691. The zero-order chi connectivity index (χ0) is 106. The van der Waals surface area contributed by atoms with Crippen molar-refractivity contribution in [3.05, 3.63) is 168 Å². The van der Waals surface area contributed by atoms with Gasteiger partial charge in [0.15, 0.2) is 0 Å². The molecule has 0 aromatic carbocycles. The minimum atomic E-state index is -0.741. The Morgan fingerprint density at radius 3 is 1.16 bits per heavy atom. The number of amides is 7. The number of thioether (sulfide) groups is 1. The van der Waals surface area contributed by atoms with Crippen molar-refractivity contribution < 1.29 is 161 Å². The number of likely N-dealkylation sites (tertiary alicyclic amines) is 2. The average Bonchev–Trinajstić information content (AvgIpc) is 1.52. The number of H-pyrrole nitrogens is 2. The summed E-state index contributed by atoms with van der Waals surface area (Å²) in [5, 5.41) is 6.43. The number of hydrogen-bond donors (Lipinski definition) is 5. The van der Waals surface area contributed by atoms with E-state index in [4.69, 9.17) is 74.9 Å². The van der Waals surface area contributed by atoms with Gasteiger partial charge in [0.25, 0.3) is 0 Å². The van der Waals surface area contributed by atoms with Crippen molar-refractivity contribution in [1.29, 1.82) is 0 Å². The number of allylic oxidation sites excluding steroid dienone is 10. The molecular formula is C108H132N13O23S2Y+3. The molecule has 16 rings (SSSR count). The number of aromatic nitrogens is 4. The van der Waals surface area contributed by atoms with Gasteiger partial charge in [-0.15, -0.1) is 18.3 Å². The van der Waals surface area contributed by atoms with Crippen LogP contribution in [-0.2, 0) is 181 Å². The third-order valence-corrected chi connectivity index (χ3v) is 29.7. The van der Waals surface area contributed by atoms with E-state index in [1.165, 1.54) is 79.0 Å². The fourth-order valence-electron chi connectivity index (χ4n) is 21.1. The van der Waals surface area contributed by atoms with Crippen molar-refractivity contribution in [3.8, 4) is 0 Å². The Labute approximate surface area is 888 Å². The van der Waals surface area contributed by atoms with Gasteiger partial charge >= 0.3 is 49.1 Å². The van der Waals surface area contributed by atoms with Gasteiger partial charge in [-0.05, 0) is 216 Å². The number of fused-ring (bicyclic) bond motifs is 4. The second-order valence-electron chi connectivity index (χ2n) is 37.0. The van der Waals surface area contributed by atoms with Gasteiger partial charge < -0.3 is 42.1 Å². The monoisotopic (exact) mass is 2130 g/mol. The summed E-state index contributed by atoms with van der Waals surface area (Å²) in [4.78, 5) is 212. The van der Waals surface area contributed by atoms with Crippen LogP contribution in [-0.4, -0.2) is 230 Å². The van der Waals surface area contributed by atoms with Crippen LogP contribution in [0.4, 0.5) is 0 Å².